The molecule has 6 nitrogen and oxygen atoms in total. The highest BCUT2D eigenvalue weighted by atomic mass is 19.1. The Morgan fingerprint density at radius 2 is 1.82 bits per heavy atom. The summed E-state index contributed by atoms with van der Waals surface area (Å²) in [5.41, 5.74) is 3.08. The zero-order chi connectivity index (χ0) is 19.8. The summed E-state index contributed by atoms with van der Waals surface area (Å²) in [7, 11) is 0. The van der Waals surface area contributed by atoms with Crippen molar-refractivity contribution in [2.75, 3.05) is 5.32 Å². The van der Waals surface area contributed by atoms with E-state index in [1.54, 1.807) is 0 Å². The van der Waals surface area contributed by atoms with Gasteiger partial charge in [-0.3, -0.25) is 9.78 Å². The molecular weight excluding hydrogens is 366 g/mol. The first-order valence-electron chi connectivity index (χ1n) is 8.38. The third-order valence-corrected chi connectivity index (χ3v) is 4.36. The number of fused-ring (bicyclic) bond motifs is 1. The van der Waals surface area contributed by atoms with Gasteiger partial charge in [0, 0.05) is 10.9 Å². The Hall–Kier alpha value is -3.68. The molecule has 140 valence electrons. The van der Waals surface area contributed by atoms with Gasteiger partial charge >= 0.3 is 0 Å². The minimum Gasteiger partial charge on any atom is -0.356 e. The molecule has 1 N–H and O–H groups in total. The van der Waals surface area contributed by atoms with E-state index in [9.17, 15) is 13.6 Å². The van der Waals surface area contributed by atoms with Crippen molar-refractivity contribution in [1.29, 1.82) is 0 Å². The summed E-state index contributed by atoms with van der Waals surface area (Å²) >= 11 is 0. The highest BCUT2D eigenvalue weighted by Crippen LogP contribution is 2.28. The van der Waals surface area contributed by atoms with Crippen LogP contribution in [0.5, 0.6) is 0 Å². The molecule has 0 aliphatic heterocycles. The van der Waals surface area contributed by atoms with E-state index in [0.717, 1.165) is 34.3 Å². The van der Waals surface area contributed by atoms with E-state index in [0.29, 0.717) is 11.3 Å². The van der Waals surface area contributed by atoms with Crippen LogP contribution in [-0.2, 0) is 0 Å². The monoisotopic (exact) mass is 380 g/mol. The minimum absolute atomic E-state index is 0.0747. The van der Waals surface area contributed by atoms with Crippen LogP contribution in [-0.4, -0.2) is 21.0 Å². The molecule has 0 aliphatic carbocycles. The summed E-state index contributed by atoms with van der Waals surface area (Å²) in [4.78, 5) is 20.5. The number of benzene rings is 2. The van der Waals surface area contributed by atoms with Crippen LogP contribution < -0.4 is 5.32 Å². The summed E-state index contributed by atoms with van der Waals surface area (Å²) in [5.74, 6) is -2.76. The highest BCUT2D eigenvalue weighted by Gasteiger charge is 2.18. The van der Waals surface area contributed by atoms with Crippen molar-refractivity contribution in [2.24, 2.45) is 0 Å². The number of aryl methyl sites for hydroxylation is 2. The van der Waals surface area contributed by atoms with Gasteiger partial charge in [-0.1, -0.05) is 11.2 Å². The number of hydrogen-bond donors (Lipinski definition) is 1. The Morgan fingerprint density at radius 3 is 2.50 bits per heavy atom. The lowest BCUT2D eigenvalue weighted by Crippen LogP contribution is -2.16. The topological polar surface area (TPSA) is 80.9 Å². The third kappa shape index (κ3) is 3.09. The maximum atomic E-state index is 13.7. The number of aromatic nitrogens is 3. The molecular formula is C20H14F2N4O2. The van der Waals surface area contributed by atoms with Crippen LogP contribution in [0.25, 0.3) is 22.2 Å². The van der Waals surface area contributed by atoms with Crippen molar-refractivity contribution < 1.29 is 18.1 Å². The molecule has 0 spiro atoms. The molecule has 0 atom stereocenters. The van der Waals surface area contributed by atoms with Crippen molar-refractivity contribution in [2.45, 2.75) is 13.8 Å². The van der Waals surface area contributed by atoms with Crippen molar-refractivity contribution >= 4 is 22.7 Å². The van der Waals surface area contributed by atoms with Crippen LogP contribution in [0.4, 0.5) is 14.6 Å². The first kappa shape index (κ1) is 17.7. The number of hydrogen-bond acceptors (Lipinski definition) is 5. The normalized spacial score (nSPS) is 11.0. The Morgan fingerprint density at radius 1 is 1.07 bits per heavy atom. The Kier molecular flexibility index (Phi) is 4.31. The predicted octanol–water partition coefficient (Wildman–Crippen LogP) is 4.43. The van der Waals surface area contributed by atoms with Gasteiger partial charge < -0.3 is 9.84 Å². The number of amides is 1. The molecule has 8 heteroatoms. The van der Waals surface area contributed by atoms with Crippen LogP contribution in [0.15, 0.2) is 47.2 Å². The van der Waals surface area contributed by atoms with E-state index in [2.05, 4.69) is 20.4 Å². The molecule has 28 heavy (non-hydrogen) atoms. The average molecular weight is 380 g/mol. The molecule has 0 bridgehead atoms. The Balaban J connectivity index is 1.61. The van der Waals surface area contributed by atoms with Gasteiger partial charge in [0.25, 0.3) is 5.91 Å². The number of rotatable bonds is 3. The second-order valence-electron chi connectivity index (χ2n) is 6.27. The highest BCUT2D eigenvalue weighted by molar-refractivity contribution is 6.04. The maximum Gasteiger partial charge on any atom is 0.262 e. The fourth-order valence-electron chi connectivity index (χ4n) is 2.91. The van der Waals surface area contributed by atoms with Crippen LogP contribution in [0.3, 0.4) is 0 Å². The predicted molar refractivity (Wildman–Crippen MR) is 98.8 cm³/mol. The van der Waals surface area contributed by atoms with Crippen molar-refractivity contribution in [3.63, 3.8) is 0 Å². The van der Waals surface area contributed by atoms with Crippen LogP contribution in [0.2, 0.25) is 0 Å². The van der Waals surface area contributed by atoms with Crippen LogP contribution >= 0.6 is 0 Å². The molecule has 2 aromatic heterocycles. The summed E-state index contributed by atoms with van der Waals surface area (Å²) in [6.45, 7) is 3.79. The first-order valence-corrected chi connectivity index (χ1v) is 8.38. The molecule has 0 saturated carbocycles. The molecule has 0 fully saturated rings. The fraction of sp³-hybridized carbons (Fsp3) is 0.100. The van der Waals surface area contributed by atoms with Crippen LogP contribution in [0, 0.1) is 25.5 Å². The van der Waals surface area contributed by atoms with Gasteiger partial charge in [0.15, 0.2) is 11.4 Å². The van der Waals surface area contributed by atoms with Crippen molar-refractivity contribution in [3.05, 3.63) is 71.2 Å². The number of nitrogens with zero attached hydrogens (tertiary/aromatic N) is 3. The van der Waals surface area contributed by atoms with Gasteiger partial charge in [0.05, 0.1) is 23.8 Å². The van der Waals surface area contributed by atoms with E-state index < -0.39 is 23.1 Å². The summed E-state index contributed by atoms with van der Waals surface area (Å²) in [6, 6.07) is 6.98. The fourth-order valence-corrected chi connectivity index (χ4v) is 2.91. The van der Waals surface area contributed by atoms with E-state index >= 15 is 0 Å². The van der Waals surface area contributed by atoms with E-state index in [-0.39, 0.29) is 5.82 Å². The minimum atomic E-state index is -0.951. The SMILES string of the molecule is Cc1cc2c(C)noc2cc1-c1cnc(NC(=O)c2c(F)cccc2F)cn1. The van der Waals surface area contributed by atoms with Crippen molar-refractivity contribution in [1.82, 2.24) is 15.1 Å². The number of anilines is 1. The molecule has 0 aliphatic rings. The second kappa shape index (κ2) is 6.80. The Bertz CT molecular complexity index is 1180. The average Bonchev–Trinajstić information content (AvgIpc) is 3.02. The molecule has 0 unspecified atom stereocenters. The lowest BCUT2D eigenvalue weighted by Gasteiger charge is -2.08. The molecule has 4 aromatic rings. The standard InChI is InChI=1S/C20H14F2N4O2/c1-10-6-13-11(2)26-28-17(13)7-12(10)16-8-24-18(9-23-16)25-20(27)19-14(21)4-3-5-15(19)22/h3-9H,1-2H3,(H,24,25,27). The number of carbonyl (C=O) groups is 1. The lowest BCUT2D eigenvalue weighted by atomic mass is 10.0. The molecule has 0 saturated heterocycles. The maximum absolute atomic E-state index is 13.7. The van der Waals surface area contributed by atoms with Gasteiger partial charge in [-0.15, -0.1) is 0 Å². The quantitative estimate of drug-likeness (QED) is 0.569. The molecule has 4 rings (SSSR count). The third-order valence-electron chi connectivity index (χ3n) is 4.36. The number of carbonyl (C=O) groups excluding carboxylic acids is 1. The summed E-state index contributed by atoms with van der Waals surface area (Å²) in [5, 5.41) is 7.21. The zero-order valence-corrected chi connectivity index (χ0v) is 15.0. The number of nitrogens with one attached hydrogen (secondary N) is 1. The van der Waals surface area contributed by atoms with Crippen molar-refractivity contribution in [3.8, 4) is 11.3 Å². The van der Waals surface area contributed by atoms with Gasteiger partial charge in [-0.05, 0) is 43.7 Å². The van der Waals surface area contributed by atoms with Gasteiger partial charge in [0.2, 0.25) is 0 Å². The van der Waals surface area contributed by atoms with Crippen LogP contribution in [0.1, 0.15) is 21.6 Å². The molecule has 1 amide bonds. The zero-order valence-electron chi connectivity index (χ0n) is 15.0. The largest absolute Gasteiger partial charge is 0.356 e. The Labute approximate surface area is 158 Å². The summed E-state index contributed by atoms with van der Waals surface area (Å²) < 4.78 is 32.7. The lowest BCUT2D eigenvalue weighted by molar-refractivity contribution is 0.101. The molecule has 0 radical (unpaired) electrons. The van der Waals surface area contributed by atoms with E-state index in [1.807, 2.05) is 26.0 Å². The molecule has 2 heterocycles. The smallest absolute Gasteiger partial charge is 0.262 e. The van der Waals surface area contributed by atoms with E-state index in [1.165, 1.54) is 18.5 Å². The first-order chi connectivity index (χ1) is 13.4. The summed E-state index contributed by atoms with van der Waals surface area (Å²) in [6.07, 6.45) is 2.78. The van der Waals surface area contributed by atoms with Gasteiger partial charge in [-0.2, -0.15) is 0 Å². The van der Waals surface area contributed by atoms with Gasteiger partial charge in [-0.25, -0.2) is 13.8 Å². The van der Waals surface area contributed by atoms with E-state index in [4.69, 9.17) is 4.52 Å². The van der Waals surface area contributed by atoms with Gasteiger partial charge in [0.1, 0.15) is 17.2 Å². The molecule has 2 aromatic carbocycles. The second-order valence-corrected chi connectivity index (χ2v) is 6.27. The number of halogens is 2.